The number of hydrogen-bond acceptors (Lipinski definition) is 3. The summed E-state index contributed by atoms with van der Waals surface area (Å²) in [4.78, 5) is 11.9. The molecule has 1 heterocycles. The fourth-order valence-corrected chi connectivity index (χ4v) is 2.22. The van der Waals surface area contributed by atoms with Gasteiger partial charge in [-0.15, -0.1) is 0 Å². The van der Waals surface area contributed by atoms with Crippen molar-refractivity contribution >= 4 is 5.91 Å². The first-order valence-electron chi connectivity index (χ1n) is 7.35. The molecule has 1 aromatic carbocycles. The van der Waals surface area contributed by atoms with Crippen LogP contribution < -0.4 is 15.4 Å². The third kappa shape index (κ3) is 4.53. The Morgan fingerprint density at radius 2 is 2.35 bits per heavy atom. The SMILES string of the molecule is CC(C)COc1cccc(CNC(=O)C2CCNC2)c1. The molecule has 0 spiro atoms. The van der Waals surface area contributed by atoms with Crippen molar-refractivity contribution in [3.05, 3.63) is 29.8 Å². The minimum absolute atomic E-state index is 0.121. The zero-order chi connectivity index (χ0) is 14.4. The lowest BCUT2D eigenvalue weighted by Crippen LogP contribution is -2.31. The summed E-state index contributed by atoms with van der Waals surface area (Å²) in [5, 5.41) is 6.21. The Labute approximate surface area is 120 Å². The highest BCUT2D eigenvalue weighted by molar-refractivity contribution is 5.79. The van der Waals surface area contributed by atoms with Gasteiger partial charge in [-0.3, -0.25) is 4.79 Å². The predicted molar refractivity (Wildman–Crippen MR) is 79.6 cm³/mol. The van der Waals surface area contributed by atoms with E-state index in [1.165, 1.54) is 0 Å². The monoisotopic (exact) mass is 276 g/mol. The molecule has 0 aliphatic carbocycles. The van der Waals surface area contributed by atoms with Crippen molar-refractivity contribution in [1.29, 1.82) is 0 Å². The van der Waals surface area contributed by atoms with Crippen molar-refractivity contribution in [2.45, 2.75) is 26.8 Å². The second-order valence-electron chi connectivity index (χ2n) is 5.76. The molecule has 20 heavy (non-hydrogen) atoms. The average Bonchev–Trinajstić information content (AvgIpc) is 2.97. The third-order valence-electron chi connectivity index (χ3n) is 3.38. The van der Waals surface area contributed by atoms with Crippen molar-refractivity contribution in [2.24, 2.45) is 11.8 Å². The molecular weight excluding hydrogens is 252 g/mol. The van der Waals surface area contributed by atoms with Gasteiger partial charge in [-0.25, -0.2) is 0 Å². The highest BCUT2D eigenvalue weighted by atomic mass is 16.5. The van der Waals surface area contributed by atoms with Crippen molar-refractivity contribution in [2.75, 3.05) is 19.7 Å². The highest BCUT2D eigenvalue weighted by Crippen LogP contribution is 2.15. The maximum Gasteiger partial charge on any atom is 0.224 e. The second kappa shape index (κ2) is 7.29. The van der Waals surface area contributed by atoms with Crippen LogP contribution in [0.4, 0.5) is 0 Å². The van der Waals surface area contributed by atoms with Gasteiger partial charge in [0.1, 0.15) is 5.75 Å². The average molecular weight is 276 g/mol. The highest BCUT2D eigenvalue weighted by Gasteiger charge is 2.21. The lowest BCUT2D eigenvalue weighted by atomic mass is 10.1. The van der Waals surface area contributed by atoms with Gasteiger partial charge in [0.25, 0.3) is 0 Å². The van der Waals surface area contributed by atoms with Gasteiger partial charge >= 0.3 is 0 Å². The van der Waals surface area contributed by atoms with E-state index in [0.717, 1.165) is 30.8 Å². The van der Waals surface area contributed by atoms with E-state index in [4.69, 9.17) is 4.74 Å². The molecule has 2 rings (SSSR count). The molecule has 110 valence electrons. The maximum atomic E-state index is 11.9. The van der Waals surface area contributed by atoms with Crippen molar-refractivity contribution < 1.29 is 9.53 Å². The van der Waals surface area contributed by atoms with Crippen molar-refractivity contribution in [1.82, 2.24) is 10.6 Å². The number of ether oxygens (including phenoxy) is 1. The Balaban J connectivity index is 1.82. The van der Waals surface area contributed by atoms with E-state index < -0.39 is 0 Å². The summed E-state index contributed by atoms with van der Waals surface area (Å²) in [7, 11) is 0. The smallest absolute Gasteiger partial charge is 0.224 e. The molecule has 1 aliphatic rings. The molecule has 1 amide bonds. The first kappa shape index (κ1) is 14.9. The van der Waals surface area contributed by atoms with Crippen LogP contribution in [-0.2, 0) is 11.3 Å². The van der Waals surface area contributed by atoms with Crippen LogP contribution in [0.15, 0.2) is 24.3 Å². The summed E-state index contributed by atoms with van der Waals surface area (Å²) in [6.45, 7) is 7.26. The summed E-state index contributed by atoms with van der Waals surface area (Å²) in [6.07, 6.45) is 0.934. The van der Waals surface area contributed by atoms with Crippen LogP contribution in [0, 0.1) is 11.8 Å². The van der Waals surface area contributed by atoms with Crippen LogP contribution in [0.5, 0.6) is 5.75 Å². The molecular formula is C16H24N2O2. The van der Waals surface area contributed by atoms with Crippen LogP contribution in [0.1, 0.15) is 25.8 Å². The number of amides is 1. The molecule has 2 N–H and O–H groups in total. The molecule has 1 unspecified atom stereocenters. The quantitative estimate of drug-likeness (QED) is 0.835. The van der Waals surface area contributed by atoms with E-state index in [2.05, 4.69) is 24.5 Å². The van der Waals surface area contributed by atoms with E-state index in [0.29, 0.717) is 19.1 Å². The largest absolute Gasteiger partial charge is 0.493 e. The van der Waals surface area contributed by atoms with Gasteiger partial charge in [-0.1, -0.05) is 26.0 Å². The van der Waals surface area contributed by atoms with Crippen LogP contribution in [0.2, 0.25) is 0 Å². The molecule has 1 aromatic rings. The second-order valence-corrected chi connectivity index (χ2v) is 5.76. The molecule has 4 heteroatoms. The molecule has 0 bridgehead atoms. The first-order chi connectivity index (χ1) is 9.65. The number of hydrogen-bond donors (Lipinski definition) is 2. The molecule has 4 nitrogen and oxygen atoms in total. The van der Waals surface area contributed by atoms with Crippen LogP contribution in [0.25, 0.3) is 0 Å². The minimum Gasteiger partial charge on any atom is -0.493 e. The minimum atomic E-state index is 0.121. The maximum absolute atomic E-state index is 11.9. The van der Waals surface area contributed by atoms with Gasteiger partial charge < -0.3 is 15.4 Å². The van der Waals surface area contributed by atoms with Crippen molar-refractivity contribution in [3.8, 4) is 5.75 Å². The van der Waals surface area contributed by atoms with Gasteiger partial charge in [-0.2, -0.15) is 0 Å². The van der Waals surface area contributed by atoms with Gasteiger partial charge in [0.05, 0.1) is 12.5 Å². The molecule has 0 aromatic heterocycles. The number of rotatable bonds is 6. The number of benzene rings is 1. The normalized spacial score (nSPS) is 18.2. The molecule has 0 saturated carbocycles. The summed E-state index contributed by atoms with van der Waals surface area (Å²) in [5.74, 6) is 1.64. The molecule has 0 radical (unpaired) electrons. The third-order valence-corrected chi connectivity index (χ3v) is 3.38. The van der Waals surface area contributed by atoms with Crippen LogP contribution in [0.3, 0.4) is 0 Å². The van der Waals surface area contributed by atoms with Gasteiger partial charge in [0.15, 0.2) is 0 Å². The van der Waals surface area contributed by atoms with Crippen LogP contribution in [-0.4, -0.2) is 25.6 Å². The summed E-state index contributed by atoms with van der Waals surface area (Å²) < 4.78 is 5.69. The Morgan fingerprint density at radius 3 is 3.05 bits per heavy atom. The van der Waals surface area contributed by atoms with E-state index in [9.17, 15) is 4.79 Å². The van der Waals surface area contributed by atoms with Crippen LogP contribution >= 0.6 is 0 Å². The van der Waals surface area contributed by atoms with Gasteiger partial charge in [0, 0.05) is 13.1 Å². The Hall–Kier alpha value is -1.55. The molecule has 1 fully saturated rings. The number of carbonyl (C=O) groups excluding carboxylic acids is 1. The summed E-state index contributed by atoms with van der Waals surface area (Å²) in [5.41, 5.74) is 1.07. The Morgan fingerprint density at radius 1 is 1.50 bits per heavy atom. The molecule has 1 saturated heterocycles. The first-order valence-corrected chi connectivity index (χ1v) is 7.35. The molecule has 1 atom stereocenters. The summed E-state index contributed by atoms with van der Waals surface area (Å²) in [6, 6.07) is 7.92. The van der Waals surface area contributed by atoms with E-state index in [-0.39, 0.29) is 11.8 Å². The fraction of sp³-hybridized carbons (Fsp3) is 0.562. The van der Waals surface area contributed by atoms with E-state index >= 15 is 0 Å². The van der Waals surface area contributed by atoms with E-state index in [1.54, 1.807) is 0 Å². The van der Waals surface area contributed by atoms with Gasteiger partial charge in [-0.05, 0) is 36.6 Å². The zero-order valence-electron chi connectivity index (χ0n) is 12.3. The van der Waals surface area contributed by atoms with E-state index in [1.807, 2.05) is 24.3 Å². The molecule has 1 aliphatic heterocycles. The lowest BCUT2D eigenvalue weighted by Gasteiger charge is -2.12. The topological polar surface area (TPSA) is 50.4 Å². The Kier molecular flexibility index (Phi) is 5.41. The number of nitrogens with one attached hydrogen (secondary N) is 2. The Bertz CT molecular complexity index is 440. The van der Waals surface area contributed by atoms with Gasteiger partial charge in [0.2, 0.25) is 5.91 Å². The summed E-state index contributed by atoms with van der Waals surface area (Å²) >= 11 is 0. The number of carbonyl (C=O) groups is 1. The fourth-order valence-electron chi connectivity index (χ4n) is 2.22. The zero-order valence-corrected chi connectivity index (χ0v) is 12.3. The predicted octanol–water partition coefficient (Wildman–Crippen LogP) is 1.95. The standard InChI is InChI=1S/C16H24N2O2/c1-12(2)11-20-15-5-3-4-13(8-15)9-18-16(19)14-6-7-17-10-14/h3-5,8,12,14,17H,6-7,9-11H2,1-2H3,(H,18,19). The lowest BCUT2D eigenvalue weighted by molar-refractivity contribution is -0.124. The van der Waals surface area contributed by atoms with Crippen molar-refractivity contribution in [3.63, 3.8) is 0 Å².